The SMILES string of the molecule is O=C(CSc1n[nH]c(=O)n1C1CC1)Nc1ccc(I)cc1. The Hall–Kier alpha value is -1.29. The van der Waals surface area contributed by atoms with Crippen molar-refractivity contribution in [3.63, 3.8) is 0 Å². The lowest BCUT2D eigenvalue weighted by Crippen LogP contribution is -2.17. The average molecular weight is 416 g/mol. The molecule has 3 rings (SSSR count). The van der Waals surface area contributed by atoms with Crippen molar-refractivity contribution < 1.29 is 4.79 Å². The second-order valence-corrected chi connectivity index (χ2v) is 6.94. The summed E-state index contributed by atoms with van der Waals surface area (Å²) in [6.07, 6.45) is 2.00. The van der Waals surface area contributed by atoms with Gasteiger partial charge < -0.3 is 5.32 Å². The molecule has 1 heterocycles. The molecule has 1 aliphatic rings. The van der Waals surface area contributed by atoms with Crippen molar-refractivity contribution in [1.29, 1.82) is 0 Å². The van der Waals surface area contributed by atoms with E-state index in [0.717, 1.165) is 22.1 Å². The van der Waals surface area contributed by atoms with Crippen LogP contribution in [0.15, 0.2) is 34.2 Å². The number of amides is 1. The highest BCUT2D eigenvalue weighted by Gasteiger charge is 2.28. The lowest BCUT2D eigenvalue weighted by molar-refractivity contribution is -0.113. The molecular weight excluding hydrogens is 403 g/mol. The lowest BCUT2D eigenvalue weighted by atomic mass is 10.3. The molecule has 1 aromatic heterocycles. The number of hydrogen-bond acceptors (Lipinski definition) is 4. The van der Waals surface area contributed by atoms with Gasteiger partial charge in [-0.15, -0.1) is 5.10 Å². The molecule has 2 aromatic rings. The number of rotatable bonds is 5. The van der Waals surface area contributed by atoms with Crippen LogP contribution in [0.25, 0.3) is 0 Å². The van der Waals surface area contributed by atoms with E-state index < -0.39 is 0 Å². The first-order valence-corrected chi connectivity index (χ1v) is 8.55. The summed E-state index contributed by atoms with van der Waals surface area (Å²) in [6.45, 7) is 0. The van der Waals surface area contributed by atoms with E-state index in [0.29, 0.717) is 5.16 Å². The van der Waals surface area contributed by atoms with E-state index in [4.69, 9.17) is 0 Å². The molecular formula is C13H13IN4O2S. The van der Waals surface area contributed by atoms with Crippen LogP contribution >= 0.6 is 34.4 Å². The molecule has 6 nitrogen and oxygen atoms in total. The van der Waals surface area contributed by atoms with Crippen molar-refractivity contribution in [2.24, 2.45) is 0 Å². The first kappa shape index (κ1) is 14.6. The molecule has 0 spiro atoms. The summed E-state index contributed by atoms with van der Waals surface area (Å²) in [5, 5.41) is 9.82. The standard InChI is InChI=1S/C13H13IN4O2S/c14-8-1-3-9(4-2-8)15-11(19)7-21-13-17-16-12(20)18(13)10-5-6-10/h1-4,10H,5-7H2,(H,15,19)(H,16,20). The molecule has 0 aliphatic heterocycles. The Morgan fingerprint density at radius 2 is 2.14 bits per heavy atom. The Bertz CT molecular complexity index is 706. The summed E-state index contributed by atoms with van der Waals surface area (Å²) in [5.41, 5.74) is 0.570. The van der Waals surface area contributed by atoms with Gasteiger partial charge in [0, 0.05) is 15.3 Å². The second kappa shape index (κ2) is 6.22. The van der Waals surface area contributed by atoms with Gasteiger partial charge in [-0.25, -0.2) is 9.89 Å². The minimum Gasteiger partial charge on any atom is -0.325 e. The first-order chi connectivity index (χ1) is 10.1. The predicted octanol–water partition coefficient (Wildman–Crippen LogP) is 2.24. The van der Waals surface area contributed by atoms with Gasteiger partial charge in [0.05, 0.1) is 5.75 Å². The number of benzene rings is 1. The van der Waals surface area contributed by atoms with Crippen LogP contribution in [0.1, 0.15) is 18.9 Å². The number of nitrogens with zero attached hydrogens (tertiary/aromatic N) is 2. The molecule has 1 saturated carbocycles. The van der Waals surface area contributed by atoms with E-state index >= 15 is 0 Å². The number of halogens is 1. The third-order valence-electron chi connectivity index (χ3n) is 3.04. The molecule has 1 amide bonds. The molecule has 8 heteroatoms. The van der Waals surface area contributed by atoms with Crippen LogP contribution in [0.2, 0.25) is 0 Å². The summed E-state index contributed by atoms with van der Waals surface area (Å²) < 4.78 is 2.76. The maximum absolute atomic E-state index is 11.9. The average Bonchev–Trinajstić information content (AvgIpc) is 3.23. The molecule has 21 heavy (non-hydrogen) atoms. The Balaban J connectivity index is 1.58. The number of H-pyrrole nitrogens is 1. The zero-order valence-electron chi connectivity index (χ0n) is 11.0. The van der Waals surface area contributed by atoms with Crippen molar-refractivity contribution in [3.05, 3.63) is 38.3 Å². The van der Waals surface area contributed by atoms with Crippen LogP contribution in [-0.4, -0.2) is 26.4 Å². The van der Waals surface area contributed by atoms with Crippen molar-refractivity contribution in [2.75, 3.05) is 11.1 Å². The van der Waals surface area contributed by atoms with E-state index in [1.165, 1.54) is 11.8 Å². The summed E-state index contributed by atoms with van der Waals surface area (Å²) in [5.74, 6) is 0.113. The van der Waals surface area contributed by atoms with E-state index in [1.807, 2.05) is 24.3 Å². The highest BCUT2D eigenvalue weighted by molar-refractivity contribution is 14.1. The summed E-state index contributed by atoms with van der Waals surface area (Å²) in [7, 11) is 0. The van der Waals surface area contributed by atoms with Gasteiger partial charge in [-0.2, -0.15) is 0 Å². The first-order valence-electron chi connectivity index (χ1n) is 6.48. The molecule has 0 saturated heterocycles. The topological polar surface area (TPSA) is 79.8 Å². The summed E-state index contributed by atoms with van der Waals surface area (Å²) in [6, 6.07) is 7.83. The molecule has 0 radical (unpaired) electrons. The number of nitrogens with one attached hydrogen (secondary N) is 2. The van der Waals surface area contributed by atoms with E-state index in [2.05, 4.69) is 38.1 Å². The largest absolute Gasteiger partial charge is 0.344 e. The van der Waals surface area contributed by atoms with Crippen molar-refractivity contribution in [1.82, 2.24) is 14.8 Å². The van der Waals surface area contributed by atoms with Crippen molar-refractivity contribution >= 4 is 45.9 Å². The van der Waals surface area contributed by atoms with E-state index in [-0.39, 0.29) is 23.4 Å². The van der Waals surface area contributed by atoms with Gasteiger partial charge in [-0.05, 0) is 59.7 Å². The lowest BCUT2D eigenvalue weighted by Gasteiger charge is -2.05. The highest BCUT2D eigenvalue weighted by Crippen LogP contribution is 2.35. The molecule has 0 unspecified atom stereocenters. The number of aromatic nitrogens is 3. The van der Waals surface area contributed by atoms with Crippen LogP contribution in [0.3, 0.4) is 0 Å². The Morgan fingerprint density at radius 1 is 1.43 bits per heavy atom. The number of carbonyl (C=O) groups is 1. The fourth-order valence-electron chi connectivity index (χ4n) is 1.91. The van der Waals surface area contributed by atoms with Gasteiger partial charge in [0.2, 0.25) is 5.91 Å². The van der Waals surface area contributed by atoms with Crippen LogP contribution in [0.4, 0.5) is 5.69 Å². The van der Waals surface area contributed by atoms with E-state index in [9.17, 15) is 9.59 Å². The second-order valence-electron chi connectivity index (χ2n) is 4.76. The summed E-state index contributed by atoms with van der Waals surface area (Å²) in [4.78, 5) is 23.5. The van der Waals surface area contributed by atoms with Gasteiger partial charge in [0.25, 0.3) is 0 Å². The molecule has 110 valence electrons. The maximum Gasteiger partial charge on any atom is 0.344 e. The predicted molar refractivity (Wildman–Crippen MR) is 89.6 cm³/mol. The zero-order valence-corrected chi connectivity index (χ0v) is 14.0. The van der Waals surface area contributed by atoms with Crippen LogP contribution < -0.4 is 11.0 Å². The fourth-order valence-corrected chi connectivity index (χ4v) is 3.08. The summed E-state index contributed by atoms with van der Waals surface area (Å²) >= 11 is 3.49. The van der Waals surface area contributed by atoms with E-state index in [1.54, 1.807) is 4.57 Å². The molecule has 1 aliphatic carbocycles. The Labute approximate surface area is 138 Å². The maximum atomic E-state index is 11.9. The van der Waals surface area contributed by atoms with Crippen LogP contribution in [0.5, 0.6) is 0 Å². The Morgan fingerprint density at radius 3 is 2.81 bits per heavy atom. The zero-order chi connectivity index (χ0) is 14.8. The third-order valence-corrected chi connectivity index (χ3v) is 4.72. The molecule has 0 bridgehead atoms. The normalized spacial score (nSPS) is 14.1. The minimum atomic E-state index is -0.196. The number of anilines is 1. The smallest absolute Gasteiger partial charge is 0.325 e. The quantitative estimate of drug-likeness (QED) is 0.579. The molecule has 1 aromatic carbocycles. The number of carbonyl (C=O) groups excluding carboxylic acids is 1. The highest BCUT2D eigenvalue weighted by atomic mass is 127. The third kappa shape index (κ3) is 3.67. The van der Waals surface area contributed by atoms with Gasteiger partial charge in [0.15, 0.2) is 5.16 Å². The van der Waals surface area contributed by atoms with Gasteiger partial charge in [0.1, 0.15) is 0 Å². The van der Waals surface area contributed by atoms with Crippen molar-refractivity contribution in [2.45, 2.75) is 24.0 Å². The monoisotopic (exact) mass is 416 g/mol. The van der Waals surface area contributed by atoms with Crippen molar-refractivity contribution in [3.8, 4) is 0 Å². The molecule has 0 atom stereocenters. The molecule has 2 N–H and O–H groups in total. The number of hydrogen-bond donors (Lipinski definition) is 2. The minimum absolute atomic E-state index is 0.112. The van der Waals surface area contributed by atoms with Crippen LogP contribution in [-0.2, 0) is 4.79 Å². The van der Waals surface area contributed by atoms with Gasteiger partial charge in [-0.3, -0.25) is 9.36 Å². The number of aromatic amines is 1. The van der Waals surface area contributed by atoms with Gasteiger partial charge >= 0.3 is 5.69 Å². The van der Waals surface area contributed by atoms with Gasteiger partial charge in [-0.1, -0.05) is 11.8 Å². The molecule has 1 fully saturated rings. The number of thioether (sulfide) groups is 1. The Kier molecular flexibility index (Phi) is 4.34. The fraction of sp³-hybridized carbons (Fsp3) is 0.308. The van der Waals surface area contributed by atoms with Crippen LogP contribution in [0, 0.1) is 3.57 Å².